The summed E-state index contributed by atoms with van der Waals surface area (Å²) >= 11 is 0. The van der Waals surface area contributed by atoms with E-state index in [0.717, 1.165) is 51.4 Å². The number of hydrogen-bond donors (Lipinski definition) is 19. The normalized spacial score (nSPS) is 10.8. The fourth-order valence-corrected chi connectivity index (χ4v) is 13.7. The first kappa shape index (κ1) is 141. The highest BCUT2D eigenvalue weighted by molar-refractivity contribution is 5.67. The average molecular weight is 1820 g/mol. The van der Waals surface area contributed by atoms with Gasteiger partial charge < -0.3 is 97.0 Å². The summed E-state index contributed by atoms with van der Waals surface area (Å²) in [6.45, 7) is 5.49. The van der Waals surface area contributed by atoms with Gasteiger partial charge in [0, 0.05) is 25.7 Å². The summed E-state index contributed by atoms with van der Waals surface area (Å²) < 4.78 is 0. The van der Waals surface area contributed by atoms with Crippen molar-refractivity contribution < 1.29 is 116 Å². The molecule has 0 heterocycles. The van der Waals surface area contributed by atoms with Crippen LogP contribution >= 0.6 is 0 Å². The molecule has 0 aliphatic carbocycles. The number of aliphatic carboxylic acids is 4. The van der Waals surface area contributed by atoms with Crippen molar-refractivity contribution in [3.63, 3.8) is 0 Å². The van der Waals surface area contributed by atoms with E-state index in [-0.39, 0.29) is 66.1 Å². The largest absolute Gasteiger partial charge is 0.481 e. The Hall–Kier alpha value is -2.72. The van der Waals surface area contributed by atoms with Crippen LogP contribution in [0.1, 0.15) is 541 Å². The van der Waals surface area contributed by atoms with Gasteiger partial charge in [0.1, 0.15) is 30.5 Å². The highest BCUT2D eigenvalue weighted by Gasteiger charge is 2.05. The van der Waals surface area contributed by atoms with E-state index in [0.29, 0.717) is 25.7 Å². The van der Waals surface area contributed by atoms with Crippen LogP contribution in [0.5, 0.6) is 0 Å². The first-order chi connectivity index (χ1) is 61.1. The van der Waals surface area contributed by atoms with Gasteiger partial charge in [0.15, 0.2) is 0 Å². The molecule has 23 heteroatoms. The first-order valence-electron chi connectivity index (χ1n) is 52.5. The van der Waals surface area contributed by atoms with Crippen molar-refractivity contribution in [3.8, 4) is 0 Å². The zero-order chi connectivity index (χ0) is 95.8. The number of hydrogen-bond acceptors (Lipinski definition) is 19. The van der Waals surface area contributed by atoms with Crippen LogP contribution in [-0.4, -0.2) is 217 Å². The number of rotatable bonds is 90. The van der Waals surface area contributed by atoms with Crippen LogP contribution in [0.2, 0.25) is 0 Å². The summed E-state index contributed by atoms with van der Waals surface area (Å²) in [6.07, 6.45) is 99.6. The van der Waals surface area contributed by atoms with E-state index in [2.05, 4.69) is 27.7 Å². The lowest BCUT2D eigenvalue weighted by Crippen LogP contribution is -2.15. The zero-order valence-corrected chi connectivity index (χ0v) is 82.7. The molecule has 23 nitrogen and oxygen atoms in total. The molecule has 0 saturated heterocycles. The molecular formula is C103H216O23. The first-order valence-corrected chi connectivity index (χ1v) is 52.5. The Kier molecular flexibility index (Phi) is 154. The second kappa shape index (κ2) is 138. The van der Waals surface area contributed by atoms with E-state index >= 15 is 0 Å². The Morgan fingerprint density at radius 1 is 0.135 bits per heavy atom. The molecule has 0 spiro atoms. The molecule has 0 saturated carbocycles. The maximum Gasteiger partial charge on any atom is 0.303 e. The van der Waals surface area contributed by atoms with Gasteiger partial charge in [-0.15, -0.1) is 0 Å². The van der Waals surface area contributed by atoms with Gasteiger partial charge in [-0.3, -0.25) is 19.2 Å². The smallest absolute Gasteiger partial charge is 0.303 e. The predicted molar refractivity (Wildman–Crippen MR) is 523 cm³/mol. The van der Waals surface area contributed by atoms with Gasteiger partial charge in [-0.05, 0) is 25.7 Å². The van der Waals surface area contributed by atoms with Gasteiger partial charge in [0.05, 0.1) is 66.1 Å². The molecule has 126 heavy (non-hydrogen) atoms. The molecule has 0 fully saturated rings. The second-order valence-corrected chi connectivity index (χ2v) is 35.1. The Balaban J connectivity index is -0.000000186. The van der Waals surface area contributed by atoms with Crippen molar-refractivity contribution >= 4 is 23.9 Å². The molecule has 0 amide bonds. The molecule has 0 aromatic carbocycles. The lowest BCUT2D eigenvalue weighted by molar-refractivity contribution is -0.138. The Labute approximate surface area is 774 Å². The third-order valence-electron chi connectivity index (χ3n) is 22.1. The molecule has 0 radical (unpaired) electrons. The minimum Gasteiger partial charge on any atom is -0.481 e. The van der Waals surface area contributed by atoms with Gasteiger partial charge in [-0.25, -0.2) is 0 Å². The van der Waals surface area contributed by atoms with Crippen LogP contribution in [0.25, 0.3) is 0 Å². The van der Waals surface area contributed by atoms with E-state index in [1.165, 1.54) is 437 Å². The minimum atomic E-state index is -0.954. The van der Waals surface area contributed by atoms with Crippen LogP contribution in [0.15, 0.2) is 0 Å². The Morgan fingerprint density at radius 2 is 0.198 bits per heavy atom. The highest BCUT2D eigenvalue weighted by Crippen LogP contribution is 2.21. The highest BCUT2D eigenvalue weighted by atomic mass is 16.4. The molecule has 766 valence electrons. The van der Waals surface area contributed by atoms with Crippen LogP contribution in [-0.2, 0) is 19.2 Å². The van der Waals surface area contributed by atoms with Crippen molar-refractivity contribution in [1.29, 1.82) is 0 Å². The Bertz CT molecular complexity index is 1590. The average Bonchev–Trinajstić information content (AvgIpc) is 1.15. The van der Waals surface area contributed by atoms with Gasteiger partial charge in [0.2, 0.25) is 0 Å². The van der Waals surface area contributed by atoms with Gasteiger partial charge in [-0.2, -0.15) is 0 Å². The molecule has 19 N–H and O–H groups in total. The molecule has 0 rings (SSSR count). The van der Waals surface area contributed by atoms with E-state index in [9.17, 15) is 19.2 Å². The number of carboxylic acids is 4. The molecule has 0 aromatic rings. The summed E-state index contributed by atoms with van der Waals surface area (Å²) in [5.74, 6) is -2.60. The number of carbonyl (C=O) groups is 4. The second-order valence-electron chi connectivity index (χ2n) is 35.1. The molecule has 0 bridgehead atoms. The Morgan fingerprint density at radius 3 is 0.246 bits per heavy atom. The monoisotopic (exact) mass is 1820 g/mol. The van der Waals surface area contributed by atoms with E-state index < -0.39 is 54.4 Å². The molecule has 0 aliphatic heterocycles. The minimum absolute atomic E-state index is 0.346. The SMILES string of the molecule is CCCCCCCCCCCCCCCCCCCCCC(=O)O.CCCCCCCCCCCCCCCCCCCCCC(=O)O.CCCCCCCCCCCCCCCCCCCCCC(=O)O.CCCCCCCCCCCCCCCCCCCCCC(=O)O.OCC(O)CO.OCC(O)CO.OCC(O)CO.OCC(O)CO.OCC(O)CO. The molecule has 0 unspecified atom stereocenters. The number of aliphatic hydroxyl groups is 15. The van der Waals surface area contributed by atoms with E-state index in [4.69, 9.17) is 97.0 Å². The van der Waals surface area contributed by atoms with Crippen molar-refractivity contribution in [2.75, 3.05) is 66.1 Å². The summed E-state index contributed by atoms with van der Waals surface area (Å²) in [4.78, 5) is 41.5. The van der Waals surface area contributed by atoms with Crippen LogP contribution in [0, 0.1) is 0 Å². The van der Waals surface area contributed by atoms with E-state index in [1.54, 1.807) is 0 Å². The topological polar surface area (TPSA) is 453 Å². The van der Waals surface area contributed by atoms with E-state index in [1.807, 2.05) is 0 Å². The zero-order valence-electron chi connectivity index (χ0n) is 82.7. The fraction of sp³-hybridized carbons (Fsp3) is 0.961. The number of unbranched alkanes of at least 4 members (excludes halogenated alkanes) is 72. The van der Waals surface area contributed by atoms with Crippen molar-refractivity contribution in [3.05, 3.63) is 0 Å². The molecular weight excluding hydrogens is 1610 g/mol. The maximum absolute atomic E-state index is 10.4. The summed E-state index contributed by atoms with van der Waals surface area (Å²) in [6, 6.07) is 0. The standard InChI is InChI=1S/4C22H44O2.5C3H8O3/c4*1-2-3-4-5-6-7-8-9-10-11-12-13-14-15-16-17-18-19-20-21-22(23)24;5*4-1-3(6)2-5/h4*2-21H2,1H3,(H,23,24);5*3-6H,1-2H2. The molecule has 0 aromatic heterocycles. The maximum atomic E-state index is 10.4. The number of aliphatic hydroxyl groups excluding tert-OH is 15. The fourth-order valence-electron chi connectivity index (χ4n) is 13.7. The molecule has 0 aliphatic rings. The van der Waals surface area contributed by atoms with Crippen LogP contribution < -0.4 is 0 Å². The summed E-state index contributed by atoms with van der Waals surface area (Å²) in [5.41, 5.74) is 0. The summed E-state index contributed by atoms with van der Waals surface area (Å²) in [5, 5.41) is 154. The van der Waals surface area contributed by atoms with Crippen LogP contribution in [0.4, 0.5) is 0 Å². The van der Waals surface area contributed by atoms with Crippen molar-refractivity contribution in [1.82, 2.24) is 0 Å². The van der Waals surface area contributed by atoms with Gasteiger partial charge >= 0.3 is 23.9 Å². The van der Waals surface area contributed by atoms with Crippen molar-refractivity contribution in [2.24, 2.45) is 0 Å². The summed E-state index contributed by atoms with van der Waals surface area (Å²) in [7, 11) is 0. The van der Waals surface area contributed by atoms with Gasteiger partial charge in [0.25, 0.3) is 0 Å². The molecule has 0 atom stereocenters. The lowest BCUT2D eigenvalue weighted by atomic mass is 10.0. The number of carboxylic acid groups (broad SMARTS) is 4. The lowest BCUT2D eigenvalue weighted by Gasteiger charge is -2.03. The third-order valence-corrected chi connectivity index (χ3v) is 22.1. The van der Waals surface area contributed by atoms with Crippen molar-refractivity contribution in [2.45, 2.75) is 572 Å². The van der Waals surface area contributed by atoms with Crippen LogP contribution in [0.3, 0.4) is 0 Å². The van der Waals surface area contributed by atoms with Gasteiger partial charge in [-0.1, -0.05) is 490 Å². The third kappa shape index (κ3) is 171. The quantitative estimate of drug-likeness (QED) is 0.0251. The predicted octanol–water partition coefficient (Wildman–Crippen LogP) is 23.2.